The number of benzene rings is 3. The van der Waals surface area contributed by atoms with E-state index in [2.05, 4.69) is 24.8 Å². The molecule has 2 N–H and O–H groups in total. The topological polar surface area (TPSA) is 52.3 Å². The third kappa shape index (κ3) is 3.41. The Morgan fingerprint density at radius 1 is 1.04 bits per heavy atom. The minimum atomic E-state index is -0.359. The van der Waals surface area contributed by atoms with Crippen LogP contribution in [-0.4, -0.2) is 12.6 Å². The Balaban J connectivity index is 2.16. The molecule has 0 aromatic heterocycles. The lowest BCUT2D eigenvalue weighted by Gasteiger charge is -2.16. The standard InChI is InChI=1S/C22H21NO2/c1-3-25-22(24)15(2)14-17-13-12-16-8-4-5-9-18(16)21(17)19-10-6-7-11-20(19)23/h4-13H,2-3,14,23H2,1H3. The number of esters is 1. The van der Waals surface area contributed by atoms with Crippen molar-refractivity contribution >= 4 is 22.4 Å². The molecular formula is C22H21NO2. The van der Waals surface area contributed by atoms with Crippen molar-refractivity contribution in [3.63, 3.8) is 0 Å². The van der Waals surface area contributed by atoms with E-state index in [1.807, 2.05) is 42.5 Å². The first-order valence-corrected chi connectivity index (χ1v) is 8.32. The Morgan fingerprint density at radius 2 is 1.76 bits per heavy atom. The molecule has 0 radical (unpaired) electrons. The zero-order valence-electron chi connectivity index (χ0n) is 14.3. The fourth-order valence-corrected chi connectivity index (χ4v) is 3.04. The van der Waals surface area contributed by atoms with Gasteiger partial charge >= 0.3 is 5.97 Å². The molecule has 0 heterocycles. The molecule has 0 saturated carbocycles. The summed E-state index contributed by atoms with van der Waals surface area (Å²) in [6.07, 6.45) is 0.424. The number of rotatable bonds is 5. The van der Waals surface area contributed by atoms with Crippen molar-refractivity contribution in [2.24, 2.45) is 0 Å². The van der Waals surface area contributed by atoms with Gasteiger partial charge in [-0.15, -0.1) is 0 Å². The molecular weight excluding hydrogens is 310 g/mol. The van der Waals surface area contributed by atoms with Crippen molar-refractivity contribution in [3.05, 3.63) is 78.4 Å². The summed E-state index contributed by atoms with van der Waals surface area (Å²) >= 11 is 0. The summed E-state index contributed by atoms with van der Waals surface area (Å²) < 4.78 is 5.07. The Morgan fingerprint density at radius 3 is 2.52 bits per heavy atom. The molecule has 0 atom stereocenters. The molecule has 0 spiro atoms. The molecule has 0 aliphatic carbocycles. The maximum absolute atomic E-state index is 12.0. The van der Waals surface area contributed by atoms with Gasteiger partial charge in [0.1, 0.15) is 0 Å². The molecule has 0 saturated heterocycles. The van der Waals surface area contributed by atoms with Gasteiger partial charge < -0.3 is 10.5 Å². The fraction of sp³-hybridized carbons (Fsp3) is 0.136. The van der Waals surface area contributed by atoms with Crippen molar-refractivity contribution in [1.29, 1.82) is 0 Å². The second-order valence-corrected chi connectivity index (χ2v) is 5.91. The van der Waals surface area contributed by atoms with Crippen LogP contribution in [0, 0.1) is 0 Å². The highest BCUT2D eigenvalue weighted by atomic mass is 16.5. The van der Waals surface area contributed by atoms with E-state index in [0.29, 0.717) is 24.3 Å². The Labute approximate surface area is 147 Å². The maximum Gasteiger partial charge on any atom is 0.333 e. The van der Waals surface area contributed by atoms with Crippen molar-refractivity contribution < 1.29 is 9.53 Å². The summed E-state index contributed by atoms with van der Waals surface area (Å²) in [5.74, 6) is -0.359. The van der Waals surface area contributed by atoms with E-state index in [-0.39, 0.29) is 5.97 Å². The van der Waals surface area contributed by atoms with E-state index in [0.717, 1.165) is 27.5 Å². The molecule has 3 aromatic rings. The summed E-state index contributed by atoms with van der Waals surface area (Å²) in [7, 11) is 0. The van der Waals surface area contributed by atoms with E-state index >= 15 is 0 Å². The smallest absolute Gasteiger partial charge is 0.333 e. The van der Waals surface area contributed by atoms with Crippen LogP contribution in [0.25, 0.3) is 21.9 Å². The monoisotopic (exact) mass is 331 g/mol. The van der Waals surface area contributed by atoms with Gasteiger partial charge in [0.05, 0.1) is 6.61 Å². The first-order valence-electron chi connectivity index (χ1n) is 8.32. The van der Waals surface area contributed by atoms with Crippen molar-refractivity contribution in [2.45, 2.75) is 13.3 Å². The molecule has 3 nitrogen and oxygen atoms in total. The Hall–Kier alpha value is -3.07. The third-order valence-corrected chi connectivity index (χ3v) is 4.21. The van der Waals surface area contributed by atoms with Gasteiger partial charge in [-0.05, 0) is 34.9 Å². The van der Waals surface area contributed by atoms with Crippen LogP contribution in [0.2, 0.25) is 0 Å². The second-order valence-electron chi connectivity index (χ2n) is 5.91. The molecule has 0 bridgehead atoms. The highest BCUT2D eigenvalue weighted by Gasteiger charge is 2.16. The summed E-state index contributed by atoms with van der Waals surface area (Å²) in [5, 5.41) is 2.24. The van der Waals surface area contributed by atoms with Gasteiger partial charge in [-0.25, -0.2) is 4.79 Å². The SMILES string of the molecule is C=C(Cc1ccc2ccccc2c1-c1ccccc1N)C(=O)OCC. The average Bonchev–Trinajstić information content (AvgIpc) is 2.62. The zero-order valence-corrected chi connectivity index (χ0v) is 14.3. The summed E-state index contributed by atoms with van der Waals surface area (Å²) in [6.45, 7) is 6.03. The van der Waals surface area contributed by atoms with Crippen LogP contribution in [0.3, 0.4) is 0 Å². The van der Waals surface area contributed by atoms with Crippen LogP contribution in [-0.2, 0) is 16.0 Å². The lowest BCUT2D eigenvalue weighted by Crippen LogP contribution is -2.09. The number of anilines is 1. The number of carbonyl (C=O) groups excluding carboxylic acids is 1. The van der Waals surface area contributed by atoms with E-state index in [1.165, 1.54) is 0 Å². The number of nitrogen functional groups attached to an aromatic ring is 1. The predicted molar refractivity (Wildman–Crippen MR) is 103 cm³/mol. The lowest BCUT2D eigenvalue weighted by atomic mass is 9.89. The molecule has 3 heteroatoms. The number of nitrogens with two attached hydrogens (primary N) is 1. The fourth-order valence-electron chi connectivity index (χ4n) is 3.04. The number of fused-ring (bicyclic) bond motifs is 1. The van der Waals surface area contributed by atoms with Crippen LogP contribution in [0.15, 0.2) is 72.8 Å². The number of para-hydroxylation sites is 1. The van der Waals surface area contributed by atoms with Gasteiger partial charge in [0.25, 0.3) is 0 Å². The van der Waals surface area contributed by atoms with E-state index in [4.69, 9.17) is 10.5 Å². The molecule has 126 valence electrons. The molecule has 0 aliphatic heterocycles. The molecule has 0 aliphatic rings. The normalized spacial score (nSPS) is 10.6. The van der Waals surface area contributed by atoms with Crippen LogP contribution in [0.1, 0.15) is 12.5 Å². The molecule has 0 fully saturated rings. The van der Waals surface area contributed by atoms with Crippen LogP contribution in [0.4, 0.5) is 5.69 Å². The number of carbonyl (C=O) groups is 1. The van der Waals surface area contributed by atoms with Crippen LogP contribution >= 0.6 is 0 Å². The quantitative estimate of drug-likeness (QED) is 0.417. The van der Waals surface area contributed by atoms with Crippen molar-refractivity contribution in [3.8, 4) is 11.1 Å². The third-order valence-electron chi connectivity index (χ3n) is 4.21. The highest BCUT2D eigenvalue weighted by Crippen LogP contribution is 2.36. The van der Waals surface area contributed by atoms with Crippen molar-refractivity contribution in [1.82, 2.24) is 0 Å². The van der Waals surface area contributed by atoms with E-state index in [9.17, 15) is 4.79 Å². The minimum Gasteiger partial charge on any atom is -0.463 e. The molecule has 0 amide bonds. The lowest BCUT2D eigenvalue weighted by molar-refractivity contribution is -0.138. The van der Waals surface area contributed by atoms with E-state index in [1.54, 1.807) is 6.92 Å². The largest absolute Gasteiger partial charge is 0.463 e. The zero-order chi connectivity index (χ0) is 17.8. The van der Waals surface area contributed by atoms with Gasteiger partial charge in [-0.1, -0.05) is 61.2 Å². The Kier molecular flexibility index (Phi) is 4.85. The predicted octanol–water partition coefficient (Wildman–Crippen LogP) is 4.75. The van der Waals surface area contributed by atoms with Gasteiger partial charge in [0.2, 0.25) is 0 Å². The number of ether oxygens (including phenoxy) is 1. The maximum atomic E-state index is 12.0. The van der Waals surface area contributed by atoms with Crippen LogP contribution < -0.4 is 5.73 Å². The van der Waals surface area contributed by atoms with Gasteiger partial charge in [0.15, 0.2) is 0 Å². The minimum absolute atomic E-state index is 0.341. The average molecular weight is 331 g/mol. The van der Waals surface area contributed by atoms with Gasteiger partial charge in [-0.2, -0.15) is 0 Å². The van der Waals surface area contributed by atoms with Gasteiger partial charge in [-0.3, -0.25) is 0 Å². The molecule has 25 heavy (non-hydrogen) atoms. The summed E-state index contributed by atoms with van der Waals surface area (Å²) in [4.78, 5) is 12.0. The Bertz CT molecular complexity index is 944. The first kappa shape index (κ1) is 16.8. The second kappa shape index (κ2) is 7.22. The van der Waals surface area contributed by atoms with Crippen molar-refractivity contribution in [2.75, 3.05) is 12.3 Å². The number of hydrogen-bond acceptors (Lipinski definition) is 3. The van der Waals surface area contributed by atoms with Gasteiger partial charge in [0, 0.05) is 23.2 Å². The highest BCUT2D eigenvalue weighted by molar-refractivity contribution is 6.01. The molecule has 3 rings (SSSR count). The summed E-state index contributed by atoms with van der Waals surface area (Å²) in [6, 6.07) is 20.1. The number of hydrogen-bond donors (Lipinski definition) is 1. The molecule has 3 aromatic carbocycles. The van der Waals surface area contributed by atoms with E-state index < -0.39 is 0 Å². The molecule has 0 unspecified atom stereocenters. The first-order chi connectivity index (χ1) is 12.1. The summed E-state index contributed by atoms with van der Waals surface area (Å²) in [5.41, 5.74) is 10.4. The van der Waals surface area contributed by atoms with Crippen LogP contribution in [0.5, 0.6) is 0 Å².